The molecule has 18 heavy (non-hydrogen) atoms. The molecule has 1 aromatic rings. The summed E-state index contributed by atoms with van der Waals surface area (Å²) in [6.07, 6.45) is 1.24. The molecule has 0 fully saturated rings. The third kappa shape index (κ3) is 5.85. The minimum atomic E-state index is -0.132. The van der Waals surface area contributed by atoms with Crippen LogP contribution in [0.4, 0.5) is 0 Å². The molecule has 1 N–H and O–H groups in total. The van der Waals surface area contributed by atoms with Crippen LogP contribution < -0.4 is 5.32 Å². The van der Waals surface area contributed by atoms with Gasteiger partial charge in [-0.25, -0.2) is 0 Å². The second-order valence-electron chi connectivity index (χ2n) is 3.82. The molecule has 100 valence electrons. The topological polar surface area (TPSA) is 38.3 Å². The van der Waals surface area contributed by atoms with Crippen LogP contribution in [0.1, 0.15) is 25.3 Å². The molecule has 0 aliphatic rings. The molecule has 0 amide bonds. The Morgan fingerprint density at radius 1 is 1.50 bits per heavy atom. The van der Waals surface area contributed by atoms with E-state index < -0.39 is 0 Å². The monoisotopic (exact) mass is 333 g/mol. The van der Waals surface area contributed by atoms with E-state index in [2.05, 4.69) is 21.2 Å². The number of carbonyl (C=O) groups excluding carboxylic acids is 1. The molecule has 3 nitrogen and oxygen atoms in total. The number of esters is 1. The van der Waals surface area contributed by atoms with E-state index in [0.717, 1.165) is 29.5 Å². The molecule has 0 aliphatic heterocycles. The van der Waals surface area contributed by atoms with Crippen molar-refractivity contribution in [1.82, 2.24) is 5.32 Å². The van der Waals surface area contributed by atoms with Crippen LogP contribution in [0.25, 0.3) is 0 Å². The Morgan fingerprint density at radius 2 is 2.28 bits per heavy atom. The highest BCUT2D eigenvalue weighted by Gasteiger charge is 2.02. The van der Waals surface area contributed by atoms with Crippen molar-refractivity contribution in [3.63, 3.8) is 0 Å². The van der Waals surface area contributed by atoms with Crippen molar-refractivity contribution >= 4 is 33.5 Å². The molecule has 0 aliphatic carbocycles. The van der Waals surface area contributed by atoms with E-state index in [0.29, 0.717) is 18.1 Å². The van der Waals surface area contributed by atoms with Crippen molar-refractivity contribution in [3.05, 3.63) is 33.3 Å². The highest BCUT2D eigenvalue weighted by atomic mass is 79.9. The van der Waals surface area contributed by atoms with Gasteiger partial charge in [-0.05, 0) is 37.6 Å². The molecule has 0 unspecified atom stereocenters. The first-order valence-corrected chi connectivity index (χ1v) is 7.11. The molecule has 5 heteroatoms. The van der Waals surface area contributed by atoms with Crippen LogP contribution in [0.15, 0.2) is 22.7 Å². The fourth-order valence-corrected chi connectivity index (χ4v) is 2.30. The molecule has 0 radical (unpaired) electrons. The lowest BCUT2D eigenvalue weighted by Gasteiger charge is -2.07. The first kappa shape index (κ1) is 15.5. The van der Waals surface area contributed by atoms with Gasteiger partial charge in [0.15, 0.2) is 0 Å². The molecule has 0 spiro atoms. The Bertz CT molecular complexity index is 399. The van der Waals surface area contributed by atoms with E-state index in [1.165, 1.54) is 0 Å². The van der Waals surface area contributed by atoms with Crippen molar-refractivity contribution in [3.8, 4) is 0 Å². The standard InChI is InChI=1S/C13H17BrClNO2/c1-2-18-13(17)4-3-7-16-9-10-5-6-11(15)8-12(10)14/h5-6,8,16H,2-4,7,9H2,1H3. The van der Waals surface area contributed by atoms with Gasteiger partial charge in [-0.2, -0.15) is 0 Å². The van der Waals surface area contributed by atoms with Crippen molar-refractivity contribution in [2.75, 3.05) is 13.2 Å². The summed E-state index contributed by atoms with van der Waals surface area (Å²) in [5.74, 6) is -0.132. The molecule has 0 saturated heterocycles. The Balaban J connectivity index is 2.20. The zero-order valence-corrected chi connectivity index (χ0v) is 12.7. The van der Waals surface area contributed by atoms with Gasteiger partial charge in [-0.15, -0.1) is 0 Å². The van der Waals surface area contributed by atoms with Gasteiger partial charge < -0.3 is 10.1 Å². The quantitative estimate of drug-likeness (QED) is 0.612. The van der Waals surface area contributed by atoms with Gasteiger partial charge >= 0.3 is 5.97 Å². The average molecular weight is 335 g/mol. The maximum atomic E-state index is 11.1. The number of hydrogen-bond donors (Lipinski definition) is 1. The largest absolute Gasteiger partial charge is 0.466 e. The number of rotatable bonds is 7. The molecule has 0 heterocycles. The summed E-state index contributed by atoms with van der Waals surface area (Å²) in [6, 6.07) is 5.71. The van der Waals surface area contributed by atoms with Gasteiger partial charge in [0.2, 0.25) is 0 Å². The summed E-state index contributed by atoms with van der Waals surface area (Å²) < 4.78 is 5.84. The summed E-state index contributed by atoms with van der Waals surface area (Å²) >= 11 is 9.32. The normalized spacial score (nSPS) is 10.4. The smallest absolute Gasteiger partial charge is 0.305 e. The van der Waals surface area contributed by atoms with Crippen LogP contribution in [0.3, 0.4) is 0 Å². The number of ether oxygens (including phenoxy) is 1. The average Bonchev–Trinajstić information content (AvgIpc) is 2.31. The van der Waals surface area contributed by atoms with Crippen LogP contribution in [-0.2, 0) is 16.1 Å². The van der Waals surface area contributed by atoms with Gasteiger partial charge in [0.25, 0.3) is 0 Å². The van der Waals surface area contributed by atoms with Crippen LogP contribution in [-0.4, -0.2) is 19.1 Å². The third-order valence-corrected chi connectivity index (χ3v) is 3.34. The fourth-order valence-electron chi connectivity index (χ4n) is 1.48. The maximum absolute atomic E-state index is 11.1. The highest BCUT2D eigenvalue weighted by Crippen LogP contribution is 2.21. The Kier molecular flexibility index (Phi) is 7.32. The fraction of sp³-hybridized carbons (Fsp3) is 0.462. The van der Waals surface area contributed by atoms with E-state index in [4.69, 9.17) is 16.3 Å². The minimum absolute atomic E-state index is 0.132. The number of benzene rings is 1. The van der Waals surface area contributed by atoms with Gasteiger partial charge in [0, 0.05) is 22.5 Å². The second kappa shape index (κ2) is 8.51. The SMILES string of the molecule is CCOC(=O)CCCNCc1ccc(Cl)cc1Br. The zero-order chi connectivity index (χ0) is 13.4. The highest BCUT2D eigenvalue weighted by molar-refractivity contribution is 9.10. The van der Waals surface area contributed by atoms with E-state index in [-0.39, 0.29) is 5.97 Å². The second-order valence-corrected chi connectivity index (χ2v) is 5.11. The van der Waals surface area contributed by atoms with Gasteiger partial charge in [-0.1, -0.05) is 33.6 Å². The minimum Gasteiger partial charge on any atom is -0.466 e. The van der Waals surface area contributed by atoms with Crippen LogP contribution in [0.2, 0.25) is 5.02 Å². The molecule has 0 atom stereocenters. The Morgan fingerprint density at radius 3 is 2.94 bits per heavy atom. The molecule has 0 saturated carbocycles. The van der Waals surface area contributed by atoms with Crippen molar-refractivity contribution in [1.29, 1.82) is 0 Å². The van der Waals surface area contributed by atoms with Gasteiger partial charge in [0.05, 0.1) is 6.61 Å². The molecule has 1 rings (SSSR count). The summed E-state index contributed by atoms with van der Waals surface area (Å²) in [7, 11) is 0. The Hall–Kier alpha value is -0.580. The number of carbonyl (C=O) groups is 1. The lowest BCUT2D eigenvalue weighted by molar-refractivity contribution is -0.143. The lowest BCUT2D eigenvalue weighted by atomic mass is 10.2. The van der Waals surface area contributed by atoms with Crippen molar-refractivity contribution < 1.29 is 9.53 Å². The summed E-state index contributed by atoms with van der Waals surface area (Å²) in [5, 5.41) is 3.99. The third-order valence-electron chi connectivity index (χ3n) is 2.37. The van der Waals surface area contributed by atoms with E-state index in [1.807, 2.05) is 25.1 Å². The molecule has 0 aromatic heterocycles. The van der Waals surface area contributed by atoms with Crippen LogP contribution in [0, 0.1) is 0 Å². The molecule has 1 aromatic carbocycles. The summed E-state index contributed by atoms with van der Waals surface area (Å²) in [4.78, 5) is 11.1. The molecular formula is C13H17BrClNO2. The Labute approximate surface area is 121 Å². The van der Waals surface area contributed by atoms with E-state index in [1.54, 1.807) is 0 Å². The zero-order valence-electron chi connectivity index (χ0n) is 10.3. The van der Waals surface area contributed by atoms with Gasteiger partial charge in [-0.3, -0.25) is 4.79 Å². The maximum Gasteiger partial charge on any atom is 0.305 e. The van der Waals surface area contributed by atoms with Crippen LogP contribution >= 0.6 is 27.5 Å². The first-order chi connectivity index (χ1) is 8.63. The first-order valence-electron chi connectivity index (χ1n) is 5.93. The molecular weight excluding hydrogens is 318 g/mol. The van der Waals surface area contributed by atoms with Crippen molar-refractivity contribution in [2.24, 2.45) is 0 Å². The van der Waals surface area contributed by atoms with Crippen LogP contribution in [0.5, 0.6) is 0 Å². The van der Waals surface area contributed by atoms with Gasteiger partial charge in [0.1, 0.15) is 0 Å². The number of halogens is 2. The number of hydrogen-bond acceptors (Lipinski definition) is 3. The van der Waals surface area contributed by atoms with E-state index in [9.17, 15) is 4.79 Å². The molecule has 0 bridgehead atoms. The summed E-state index contributed by atoms with van der Waals surface area (Å²) in [6.45, 7) is 3.80. The lowest BCUT2D eigenvalue weighted by Crippen LogP contribution is -2.16. The number of nitrogens with one attached hydrogen (secondary N) is 1. The van der Waals surface area contributed by atoms with Crippen molar-refractivity contribution in [2.45, 2.75) is 26.3 Å². The summed E-state index contributed by atoms with van der Waals surface area (Å²) in [5.41, 5.74) is 1.15. The predicted molar refractivity (Wildman–Crippen MR) is 76.7 cm³/mol. The van der Waals surface area contributed by atoms with E-state index >= 15 is 0 Å². The predicted octanol–water partition coefficient (Wildman–Crippen LogP) is 3.54.